The summed E-state index contributed by atoms with van der Waals surface area (Å²) in [6.45, 7) is 0. The van der Waals surface area contributed by atoms with E-state index in [4.69, 9.17) is 38.2 Å². The van der Waals surface area contributed by atoms with Crippen molar-refractivity contribution in [1.82, 2.24) is 15.0 Å². The topological polar surface area (TPSA) is 38.7 Å². The number of aromatic nitrogens is 3. The van der Waals surface area contributed by atoms with Gasteiger partial charge in [0.2, 0.25) is 0 Å². The molecule has 0 aliphatic heterocycles. The van der Waals surface area contributed by atoms with Gasteiger partial charge in [0, 0.05) is 26.7 Å². The molecule has 1 heterocycles. The van der Waals surface area contributed by atoms with E-state index in [2.05, 4.69) is 60.7 Å². The van der Waals surface area contributed by atoms with Crippen molar-refractivity contribution < 1.29 is 0 Å². The average molecular weight is 581 g/mol. The van der Waals surface area contributed by atoms with Gasteiger partial charge in [0.05, 0.1) is 0 Å². The minimum Gasteiger partial charge on any atom is -0.208 e. The number of hydrogen-bond donors (Lipinski definition) is 0. The summed E-state index contributed by atoms with van der Waals surface area (Å²) >= 11 is 12.8. The van der Waals surface area contributed by atoms with Crippen LogP contribution in [0.4, 0.5) is 0 Å². The zero-order valence-corrected chi connectivity index (χ0v) is 23.9. The van der Waals surface area contributed by atoms with Crippen LogP contribution in [0.2, 0.25) is 10.0 Å². The number of nitrogens with zero attached hydrogens (tertiary/aromatic N) is 3. The number of rotatable bonds is 5. The summed E-state index contributed by atoms with van der Waals surface area (Å²) in [4.78, 5) is 14.6. The lowest BCUT2D eigenvalue weighted by Gasteiger charge is -2.15. The van der Waals surface area contributed by atoms with Gasteiger partial charge in [-0.15, -0.1) is 0 Å². The Bertz CT molecular complexity index is 1960. The Hall–Kier alpha value is -4.83. The molecule has 7 rings (SSSR count). The quantitative estimate of drug-likeness (QED) is 0.203. The van der Waals surface area contributed by atoms with Crippen molar-refractivity contribution in [2.45, 2.75) is 0 Å². The van der Waals surface area contributed by atoms with Gasteiger partial charge in [0.25, 0.3) is 0 Å². The lowest BCUT2D eigenvalue weighted by Crippen LogP contribution is -2.00. The minimum atomic E-state index is 0.602. The molecule has 5 heteroatoms. The molecule has 0 radical (unpaired) electrons. The maximum Gasteiger partial charge on any atom is 0.164 e. The summed E-state index contributed by atoms with van der Waals surface area (Å²) in [5, 5.41) is 3.51. The van der Waals surface area contributed by atoms with Gasteiger partial charge < -0.3 is 0 Å². The van der Waals surface area contributed by atoms with Crippen LogP contribution in [0.1, 0.15) is 0 Å². The molecule has 0 amide bonds. The fourth-order valence-corrected chi connectivity index (χ4v) is 5.78. The third kappa shape index (κ3) is 5.16. The molecule has 0 fully saturated rings. The van der Waals surface area contributed by atoms with E-state index in [-0.39, 0.29) is 0 Å². The SMILES string of the molecule is Clc1cc(Cl)cc(-c2ccc3ccccc3c2-c2ccc(-c3nc(-c4ccccc4)nc(-c4ccccc4)n3)cc2)c1. The molecule has 3 nitrogen and oxygen atoms in total. The molecular weight excluding hydrogens is 557 g/mol. The van der Waals surface area contributed by atoms with Crippen LogP contribution in [0.5, 0.6) is 0 Å². The lowest BCUT2D eigenvalue weighted by molar-refractivity contribution is 1.07. The molecule has 200 valence electrons. The Balaban J connectivity index is 1.37. The molecule has 0 bridgehead atoms. The van der Waals surface area contributed by atoms with Gasteiger partial charge in [-0.3, -0.25) is 0 Å². The second kappa shape index (κ2) is 11.2. The van der Waals surface area contributed by atoms with E-state index in [1.54, 1.807) is 6.07 Å². The van der Waals surface area contributed by atoms with Crippen molar-refractivity contribution >= 4 is 34.0 Å². The molecule has 0 N–H and O–H groups in total. The van der Waals surface area contributed by atoms with Crippen LogP contribution in [0.3, 0.4) is 0 Å². The minimum absolute atomic E-state index is 0.602. The second-order valence-corrected chi connectivity index (χ2v) is 10.9. The van der Waals surface area contributed by atoms with Gasteiger partial charge in [0.15, 0.2) is 17.5 Å². The molecule has 0 saturated heterocycles. The first-order chi connectivity index (χ1) is 20.6. The fourth-order valence-electron chi connectivity index (χ4n) is 5.26. The van der Waals surface area contributed by atoms with Crippen molar-refractivity contribution in [2.75, 3.05) is 0 Å². The maximum atomic E-state index is 6.42. The summed E-state index contributed by atoms with van der Waals surface area (Å²) in [5.74, 6) is 1.89. The first-order valence-corrected chi connectivity index (χ1v) is 14.3. The van der Waals surface area contributed by atoms with E-state index >= 15 is 0 Å². The summed E-state index contributed by atoms with van der Waals surface area (Å²) in [7, 11) is 0. The zero-order chi connectivity index (χ0) is 28.5. The number of halogens is 2. The van der Waals surface area contributed by atoms with E-state index in [1.165, 1.54) is 0 Å². The molecule has 0 saturated carbocycles. The highest BCUT2D eigenvalue weighted by molar-refractivity contribution is 6.35. The van der Waals surface area contributed by atoms with Crippen LogP contribution < -0.4 is 0 Å². The van der Waals surface area contributed by atoms with Gasteiger partial charge in [-0.1, -0.05) is 145 Å². The highest BCUT2D eigenvalue weighted by Crippen LogP contribution is 2.40. The average Bonchev–Trinajstić information content (AvgIpc) is 3.04. The van der Waals surface area contributed by atoms with Crippen LogP contribution in [0.25, 0.3) is 67.2 Å². The van der Waals surface area contributed by atoms with Crippen LogP contribution in [-0.2, 0) is 0 Å². The predicted molar refractivity (Wildman–Crippen MR) is 175 cm³/mol. The number of hydrogen-bond acceptors (Lipinski definition) is 3. The van der Waals surface area contributed by atoms with E-state index in [0.29, 0.717) is 27.5 Å². The smallest absolute Gasteiger partial charge is 0.164 e. The summed E-state index contributed by atoms with van der Waals surface area (Å²) in [6.07, 6.45) is 0. The first kappa shape index (κ1) is 26.1. The van der Waals surface area contributed by atoms with Gasteiger partial charge in [-0.25, -0.2) is 15.0 Å². The predicted octanol–water partition coefficient (Wildman–Crippen LogP) is 10.7. The van der Waals surface area contributed by atoms with E-state index in [1.807, 2.05) is 72.8 Å². The second-order valence-electron chi connectivity index (χ2n) is 9.98. The van der Waals surface area contributed by atoms with Gasteiger partial charge in [0.1, 0.15) is 0 Å². The van der Waals surface area contributed by atoms with E-state index in [9.17, 15) is 0 Å². The van der Waals surface area contributed by atoms with Crippen molar-refractivity contribution in [1.29, 1.82) is 0 Å². The van der Waals surface area contributed by atoms with Crippen molar-refractivity contribution in [3.8, 4) is 56.4 Å². The Morgan fingerprint density at radius 1 is 0.381 bits per heavy atom. The zero-order valence-electron chi connectivity index (χ0n) is 22.4. The molecule has 0 aliphatic carbocycles. The first-order valence-electron chi connectivity index (χ1n) is 13.6. The largest absolute Gasteiger partial charge is 0.208 e. The lowest BCUT2D eigenvalue weighted by atomic mass is 9.89. The Morgan fingerprint density at radius 3 is 1.43 bits per heavy atom. The summed E-state index contributed by atoms with van der Waals surface area (Å²) in [6, 6.07) is 46.7. The summed E-state index contributed by atoms with van der Waals surface area (Å²) < 4.78 is 0. The molecule has 42 heavy (non-hydrogen) atoms. The van der Waals surface area contributed by atoms with Crippen molar-refractivity contribution in [3.63, 3.8) is 0 Å². The van der Waals surface area contributed by atoms with Gasteiger partial charge in [-0.2, -0.15) is 0 Å². The van der Waals surface area contributed by atoms with Gasteiger partial charge >= 0.3 is 0 Å². The molecule has 0 aliphatic rings. The Labute approximate surface area is 254 Å². The number of fused-ring (bicyclic) bond motifs is 1. The van der Waals surface area contributed by atoms with Crippen LogP contribution in [0.15, 0.2) is 140 Å². The fraction of sp³-hybridized carbons (Fsp3) is 0. The van der Waals surface area contributed by atoms with Crippen molar-refractivity contribution in [2.24, 2.45) is 0 Å². The molecule has 0 atom stereocenters. The van der Waals surface area contributed by atoms with Crippen LogP contribution in [0, 0.1) is 0 Å². The third-order valence-corrected chi connectivity index (χ3v) is 7.67. The molecule has 0 unspecified atom stereocenters. The third-order valence-electron chi connectivity index (χ3n) is 7.23. The van der Waals surface area contributed by atoms with E-state index < -0.39 is 0 Å². The van der Waals surface area contributed by atoms with Crippen LogP contribution >= 0.6 is 23.2 Å². The van der Waals surface area contributed by atoms with Crippen LogP contribution in [-0.4, -0.2) is 15.0 Å². The highest BCUT2D eigenvalue weighted by atomic mass is 35.5. The van der Waals surface area contributed by atoms with E-state index in [0.717, 1.165) is 49.7 Å². The highest BCUT2D eigenvalue weighted by Gasteiger charge is 2.15. The standard InChI is InChI=1S/C37H23Cl2N3/c38-30-21-29(22-31(39)23-30)33-20-19-24-9-7-8-14-32(24)34(33)25-15-17-28(18-16-25)37-41-35(26-10-3-1-4-11-26)40-36(42-37)27-12-5-2-6-13-27/h1-23H. The molecule has 0 spiro atoms. The number of benzene rings is 6. The Kier molecular flexibility index (Phi) is 6.97. The molecule has 1 aromatic heterocycles. The molecular formula is C37H23Cl2N3. The molecule has 6 aromatic carbocycles. The normalized spacial score (nSPS) is 11.1. The summed E-state index contributed by atoms with van der Waals surface area (Å²) in [5.41, 5.74) is 7.00. The monoisotopic (exact) mass is 579 g/mol. The maximum absolute atomic E-state index is 6.42. The Morgan fingerprint density at radius 2 is 0.857 bits per heavy atom. The van der Waals surface area contributed by atoms with Crippen molar-refractivity contribution in [3.05, 3.63) is 150 Å². The van der Waals surface area contributed by atoms with Gasteiger partial charge in [-0.05, 0) is 51.2 Å². The molecule has 7 aromatic rings.